The highest BCUT2D eigenvalue weighted by Gasteiger charge is 2.12. The van der Waals surface area contributed by atoms with Gasteiger partial charge in [0.1, 0.15) is 0 Å². The summed E-state index contributed by atoms with van der Waals surface area (Å²) in [5, 5.41) is 17.9. The Hall–Kier alpha value is -0.620. The van der Waals surface area contributed by atoms with Crippen molar-refractivity contribution >= 4 is 28.9 Å². The van der Waals surface area contributed by atoms with Gasteiger partial charge in [-0.25, -0.2) is 0 Å². The smallest absolute Gasteiger partial charge is 0.306 e. The molecule has 0 amide bonds. The second kappa shape index (κ2) is 6.20. The molecule has 0 saturated heterocycles. The Bertz CT molecular complexity index is 356. The number of aliphatic hydroxyl groups is 1. The van der Waals surface area contributed by atoms with Crippen LogP contribution in [0, 0.1) is 0 Å². The van der Waals surface area contributed by atoms with Gasteiger partial charge in [-0.15, -0.1) is 11.3 Å². The van der Waals surface area contributed by atoms with Gasteiger partial charge >= 0.3 is 5.97 Å². The zero-order chi connectivity index (χ0) is 12.1. The van der Waals surface area contributed by atoms with Gasteiger partial charge in [-0.2, -0.15) is 0 Å². The molecule has 0 aliphatic heterocycles. The number of hydrogen-bond acceptors (Lipinski definition) is 4. The minimum absolute atomic E-state index is 0.227. The summed E-state index contributed by atoms with van der Waals surface area (Å²) in [6.45, 7) is 0.996. The molecule has 2 N–H and O–H groups in total. The van der Waals surface area contributed by atoms with Gasteiger partial charge in [0.25, 0.3) is 0 Å². The third-order valence-corrected chi connectivity index (χ3v) is 3.20. The summed E-state index contributed by atoms with van der Waals surface area (Å²) in [4.78, 5) is 13.3. The molecule has 1 atom stereocenters. The Morgan fingerprint density at radius 2 is 2.31 bits per heavy atom. The van der Waals surface area contributed by atoms with E-state index >= 15 is 0 Å². The standard InChI is InChI=1S/C10H14ClNO3S/c1-12(5-7(13)4-10(14)15)6-8-2-3-9(11)16-8/h2-3,7,13H,4-6H2,1H3,(H,14,15). The molecule has 6 heteroatoms. The lowest BCUT2D eigenvalue weighted by Gasteiger charge is -2.18. The van der Waals surface area contributed by atoms with Gasteiger partial charge in [-0.1, -0.05) is 11.6 Å². The minimum Gasteiger partial charge on any atom is -0.481 e. The highest BCUT2D eigenvalue weighted by Crippen LogP contribution is 2.22. The number of carboxylic acids is 1. The highest BCUT2D eigenvalue weighted by molar-refractivity contribution is 7.16. The normalized spacial score (nSPS) is 13.0. The van der Waals surface area contributed by atoms with Gasteiger partial charge in [0.2, 0.25) is 0 Å². The van der Waals surface area contributed by atoms with Crippen LogP contribution in [0.2, 0.25) is 4.34 Å². The maximum Gasteiger partial charge on any atom is 0.306 e. The van der Waals surface area contributed by atoms with E-state index in [9.17, 15) is 9.90 Å². The average Bonchev–Trinajstić information content (AvgIpc) is 2.48. The van der Waals surface area contributed by atoms with E-state index in [1.807, 2.05) is 24.1 Å². The second-order valence-corrected chi connectivity index (χ2v) is 5.45. The fourth-order valence-electron chi connectivity index (χ4n) is 1.39. The van der Waals surface area contributed by atoms with Crippen molar-refractivity contribution in [3.05, 3.63) is 21.3 Å². The number of carbonyl (C=O) groups is 1. The molecule has 0 saturated carbocycles. The third-order valence-electron chi connectivity index (χ3n) is 1.99. The Balaban J connectivity index is 2.35. The predicted octanol–water partition coefficient (Wildman–Crippen LogP) is 1.67. The summed E-state index contributed by atoms with van der Waals surface area (Å²) in [7, 11) is 1.83. The summed E-state index contributed by atoms with van der Waals surface area (Å²) in [5.41, 5.74) is 0. The highest BCUT2D eigenvalue weighted by atomic mass is 35.5. The number of likely N-dealkylation sites (N-methyl/N-ethyl adjacent to an activating group) is 1. The lowest BCUT2D eigenvalue weighted by molar-refractivity contribution is -0.139. The third kappa shape index (κ3) is 4.94. The summed E-state index contributed by atoms with van der Waals surface area (Å²) >= 11 is 7.27. The van der Waals surface area contributed by atoms with Gasteiger partial charge in [0.05, 0.1) is 16.9 Å². The summed E-state index contributed by atoms with van der Waals surface area (Å²) in [5.74, 6) is -0.986. The maximum absolute atomic E-state index is 10.4. The number of hydrogen-bond donors (Lipinski definition) is 2. The van der Waals surface area contributed by atoms with Crippen LogP contribution >= 0.6 is 22.9 Å². The van der Waals surface area contributed by atoms with E-state index in [4.69, 9.17) is 16.7 Å². The van der Waals surface area contributed by atoms with Crippen LogP contribution in [0.4, 0.5) is 0 Å². The number of rotatable bonds is 6. The van der Waals surface area contributed by atoms with Crippen LogP contribution in [0.25, 0.3) is 0 Å². The first-order chi connectivity index (χ1) is 7.47. The van der Waals surface area contributed by atoms with Crippen LogP contribution in [-0.2, 0) is 11.3 Å². The molecule has 0 aliphatic carbocycles. The minimum atomic E-state index is -0.986. The fraction of sp³-hybridized carbons (Fsp3) is 0.500. The van der Waals surface area contributed by atoms with E-state index in [0.29, 0.717) is 13.1 Å². The van der Waals surface area contributed by atoms with Crippen LogP contribution in [0.5, 0.6) is 0 Å². The second-order valence-electron chi connectivity index (χ2n) is 3.65. The lowest BCUT2D eigenvalue weighted by Crippen LogP contribution is -2.30. The number of nitrogens with zero attached hydrogens (tertiary/aromatic N) is 1. The van der Waals surface area contributed by atoms with Crippen LogP contribution in [0.15, 0.2) is 12.1 Å². The summed E-state index contributed by atoms with van der Waals surface area (Å²) < 4.78 is 0.731. The molecule has 0 spiro atoms. The quantitative estimate of drug-likeness (QED) is 0.820. The van der Waals surface area contributed by atoms with Gasteiger partial charge in [0.15, 0.2) is 0 Å². The number of aliphatic carboxylic acids is 1. The van der Waals surface area contributed by atoms with Crippen LogP contribution in [0.3, 0.4) is 0 Å². The number of halogens is 1. The van der Waals surface area contributed by atoms with E-state index < -0.39 is 12.1 Å². The van der Waals surface area contributed by atoms with Crippen LogP contribution in [-0.4, -0.2) is 40.8 Å². The molecule has 1 unspecified atom stereocenters. The zero-order valence-electron chi connectivity index (χ0n) is 8.89. The lowest BCUT2D eigenvalue weighted by atomic mass is 10.2. The van der Waals surface area contributed by atoms with E-state index in [-0.39, 0.29) is 6.42 Å². The van der Waals surface area contributed by atoms with Crippen molar-refractivity contribution in [1.29, 1.82) is 0 Å². The Morgan fingerprint density at radius 3 is 2.81 bits per heavy atom. The van der Waals surface area contributed by atoms with Crippen LogP contribution in [0.1, 0.15) is 11.3 Å². The average molecular weight is 264 g/mol. The Kier molecular flexibility index (Phi) is 5.21. The van der Waals surface area contributed by atoms with Crippen LogP contribution < -0.4 is 0 Å². The largest absolute Gasteiger partial charge is 0.481 e. The molecule has 1 aromatic heterocycles. The number of aliphatic hydroxyl groups excluding tert-OH is 1. The topological polar surface area (TPSA) is 60.8 Å². The molecular weight excluding hydrogens is 250 g/mol. The number of carboxylic acid groups (broad SMARTS) is 1. The first-order valence-corrected chi connectivity index (χ1v) is 5.99. The molecule has 0 fully saturated rings. The zero-order valence-corrected chi connectivity index (χ0v) is 10.5. The Labute approximate surface area is 103 Å². The summed E-state index contributed by atoms with van der Waals surface area (Å²) in [6, 6.07) is 3.75. The Morgan fingerprint density at radius 1 is 1.62 bits per heavy atom. The molecule has 90 valence electrons. The van der Waals surface area contributed by atoms with Gasteiger partial charge in [0, 0.05) is 18.0 Å². The van der Waals surface area contributed by atoms with E-state index in [2.05, 4.69) is 0 Å². The van der Waals surface area contributed by atoms with E-state index in [1.54, 1.807) is 0 Å². The van der Waals surface area contributed by atoms with Crippen molar-refractivity contribution in [2.45, 2.75) is 19.1 Å². The van der Waals surface area contributed by atoms with Crippen molar-refractivity contribution in [3.63, 3.8) is 0 Å². The molecule has 0 radical (unpaired) electrons. The monoisotopic (exact) mass is 263 g/mol. The van der Waals surface area contributed by atoms with Crippen molar-refractivity contribution in [1.82, 2.24) is 4.90 Å². The molecule has 16 heavy (non-hydrogen) atoms. The number of thiophene rings is 1. The predicted molar refractivity (Wildman–Crippen MR) is 63.9 cm³/mol. The first kappa shape index (κ1) is 13.4. The fourth-order valence-corrected chi connectivity index (χ4v) is 2.56. The van der Waals surface area contributed by atoms with Gasteiger partial charge in [-0.3, -0.25) is 9.69 Å². The summed E-state index contributed by atoms with van der Waals surface area (Å²) in [6.07, 6.45) is -1.06. The molecule has 0 bridgehead atoms. The van der Waals surface area contributed by atoms with Crippen molar-refractivity contribution in [2.24, 2.45) is 0 Å². The molecular formula is C10H14ClNO3S. The van der Waals surface area contributed by atoms with E-state index in [0.717, 1.165) is 9.21 Å². The molecule has 1 heterocycles. The van der Waals surface area contributed by atoms with E-state index in [1.165, 1.54) is 11.3 Å². The molecule has 4 nitrogen and oxygen atoms in total. The molecule has 1 rings (SSSR count). The molecule has 0 aromatic carbocycles. The van der Waals surface area contributed by atoms with Crippen molar-refractivity contribution in [3.8, 4) is 0 Å². The molecule has 0 aliphatic rings. The SMILES string of the molecule is CN(Cc1ccc(Cl)s1)CC(O)CC(=O)O. The molecule has 1 aromatic rings. The van der Waals surface area contributed by atoms with Gasteiger partial charge < -0.3 is 10.2 Å². The van der Waals surface area contributed by atoms with Crippen molar-refractivity contribution in [2.75, 3.05) is 13.6 Å². The van der Waals surface area contributed by atoms with Gasteiger partial charge in [-0.05, 0) is 19.2 Å². The first-order valence-electron chi connectivity index (χ1n) is 4.80. The van der Waals surface area contributed by atoms with Crippen molar-refractivity contribution < 1.29 is 15.0 Å². The maximum atomic E-state index is 10.4.